The van der Waals surface area contributed by atoms with Crippen molar-refractivity contribution < 1.29 is 0 Å². The molecule has 0 aliphatic rings. The van der Waals surface area contributed by atoms with Crippen LogP contribution in [0.5, 0.6) is 0 Å². The first-order valence-electron chi connectivity index (χ1n) is 4.75. The quantitative estimate of drug-likeness (QED) is 0.660. The standard InChI is InChI=1S/C11H14N2Si/c1-13(2)14-11-7-8-12-10-6-4-3-5-9(10)11/h3-8H,14H2,1-2H3. The van der Waals surface area contributed by atoms with Crippen LogP contribution in [-0.2, 0) is 0 Å². The Bertz CT molecular complexity index is 435. The van der Waals surface area contributed by atoms with Gasteiger partial charge in [-0.3, -0.25) is 4.98 Å². The summed E-state index contributed by atoms with van der Waals surface area (Å²) < 4.78 is 2.31. The minimum absolute atomic E-state index is 0.305. The van der Waals surface area contributed by atoms with Gasteiger partial charge in [-0.05, 0) is 31.4 Å². The van der Waals surface area contributed by atoms with E-state index in [1.165, 1.54) is 10.6 Å². The smallest absolute Gasteiger partial charge is 0.127 e. The molecule has 0 aliphatic carbocycles. The minimum Gasteiger partial charge on any atom is -0.330 e. The molecule has 1 heterocycles. The maximum absolute atomic E-state index is 4.35. The van der Waals surface area contributed by atoms with Gasteiger partial charge in [0, 0.05) is 11.6 Å². The Balaban J connectivity index is 2.53. The predicted molar refractivity (Wildman–Crippen MR) is 63.6 cm³/mol. The summed E-state index contributed by atoms with van der Waals surface area (Å²) in [6, 6.07) is 10.5. The molecule has 2 nitrogen and oxygen atoms in total. The molecule has 0 amide bonds. The third-order valence-electron chi connectivity index (χ3n) is 2.23. The van der Waals surface area contributed by atoms with E-state index >= 15 is 0 Å². The zero-order chi connectivity index (χ0) is 9.97. The van der Waals surface area contributed by atoms with E-state index in [-0.39, 0.29) is 9.68 Å². The Kier molecular flexibility index (Phi) is 2.61. The van der Waals surface area contributed by atoms with E-state index in [1.54, 1.807) is 0 Å². The van der Waals surface area contributed by atoms with Crippen molar-refractivity contribution in [3.63, 3.8) is 0 Å². The highest BCUT2D eigenvalue weighted by Crippen LogP contribution is 2.06. The van der Waals surface area contributed by atoms with E-state index in [9.17, 15) is 0 Å². The lowest BCUT2D eigenvalue weighted by Gasteiger charge is -2.10. The normalized spacial score (nSPS) is 11.9. The maximum atomic E-state index is 4.35. The van der Waals surface area contributed by atoms with Crippen LogP contribution in [0.15, 0.2) is 36.5 Å². The van der Waals surface area contributed by atoms with Gasteiger partial charge >= 0.3 is 0 Å². The van der Waals surface area contributed by atoms with E-state index < -0.39 is 0 Å². The third-order valence-corrected chi connectivity index (χ3v) is 3.82. The van der Waals surface area contributed by atoms with Crippen molar-refractivity contribution in [2.45, 2.75) is 0 Å². The van der Waals surface area contributed by atoms with Crippen LogP contribution in [0.2, 0.25) is 0 Å². The first-order chi connectivity index (χ1) is 6.77. The van der Waals surface area contributed by atoms with Gasteiger partial charge in [0.15, 0.2) is 0 Å². The Hall–Kier alpha value is -1.19. The zero-order valence-electron chi connectivity index (χ0n) is 8.57. The van der Waals surface area contributed by atoms with Gasteiger partial charge in [-0.25, -0.2) is 0 Å². The van der Waals surface area contributed by atoms with Crippen LogP contribution in [0.1, 0.15) is 0 Å². The third kappa shape index (κ3) is 1.83. The summed E-state index contributed by atoms with van der Waals surface area (Å²) in [5.74, 6) is 0. The van der Waals surface area contributed by atoms with Crippen LogP contribution in [0.25, 0.3) is 10.9 Å². The number of benzene rings is 1. The SMILES string of the molecule is CN(C)[SiH2]c1ccnc2ccccc12. The molecule has 3 heteroatoms. The van der Waals surface area contributed by atoms with Gasteiger partial charge in [-0.1, -0.05) is 18.2 Å². The lowest BCUT2D eigenvalue weighted by atomic mass is 10.2. The number of para-hydroxylation sites is 1. The molecule has 0 saturated carbocycles. The van der Waals surface area contributed by atoms with Crippen molar-refractivity contribution in [2.75, 3.05) is 14.1 Å². The van der Waals surface area contributed by atoms with E-state index in [2.05, 4.69) is 47.9 Å². The Labute approximate surface area is 86.5 Å². The zero-order valence-corrected chi connectivity index (χ0v) is 9.98. The molecule has 0 N–H and O–H groups in total. The second kappa shape index (κ2) is 3.90. The molecule has 2 rings (SSSR count). The number of hydrogen-bond acceptors (Lipinski definition) is 2. The highest BCUT2D eigenvalue weighted by molar-refractivity contribution is 6.54. The van der Waals surface area contributed by atoms with Gasteiger partial charge in [-0.2, -0.15) is 0 Å². The van der Waals surface area contributed by atoms with E-state index in [4.69, 9.17) is 0 Å². The van der Waals surface area contributed by atoms with Gasteiger partial charge in [0.25, 0.3) is 0 Å². The largest absolute Gasteiger partial charge is 0.330 e. The molecule has 0 saturated heterocycles. The Morgan fingerprint density at radius 1 is 1.14 bits per heavy atom. The molecule has 0 bridgehead atoms. The summed E-state index contributed by atoms with van der Waals surface area (Å²) in [5, 5.41) is 2.79. The molecule has 14 heavy (non-hydrogen) atoms. The van der Waals surface area contributed by atoms with Crippen molar-refractivity contribution in [2.24, 2.45) is 0 Å². The summed E-state index contributed by atoms with van der Waals surface area (Å²) in [4.78, 5) is 4.35. The molecule has 0 radical (unpaired) electrons. The summed E-state index contributed by atoms with van der Waals surface area (Å²) in [7, 11) is 3.98. The summed E-state index contributed by atoms with van der Waals surface area (Å²) in [5.41, 5.74) is 1.11. The Morgan fingerprint density at radius 3 is 2.71 bits per heavy atom. The molecule has 0 aliphatic heterocycles. The summed E-state index contributed by atoms with van der Waals surface area (Å²) >= 11 is 0. The summed E-state index contributed by atoms with van der Waals surface area (Å²) in [6.45, 7) is 0. The summed E-state index contributed by atoms with van der Waals surface area (Å²) in [6.07, 6.45) is 1.91. The molecule has 0 fully saturated rings. The van der Waals surface area contributed by atoms with Crippen LogP contribution in [0.4, 0.5) is 0 Å². The van der Waals surface area contributed by atoms with Crippen molar-refractivity contribution >= 4 is 25.8 Å². The van der Waals surface area contributed by atoms with Crippen LogP contribution in [-0.4, -0.2) is 33.3 Å². The molecule has 1 aromatic heterocycles. The number of aromatic nitrogens is 1. The lowest BCUT2D eigenvalue weighted by molar-refractivity contribution is 0.669. The number of nitrogens with zero attached hydrogens (tertiary/aromatic N) is 2. The minimum atomic E-state index is -0.305. The average Bonchev–Trinajstić information content (AvgIpc) is 2.18. The fraction of sp³-hybridized carbons (Fsp3) is 0.182. The lowest BCUT2D eigenvalue weighted by Crippen LogP contribution is -2.29. The molecular formula is C11H14N2Si. The highest BCUT2D eigenvalue weighted by Gasteiger charge is 2.02. The van der Waals surface area contributed by atoms with Crippen molar-refractivity contribution in [3.05, 3.63) is 36.5 Å². The predicted octanol–water partition coefficient (Wildman–Crippen LogP) is 0.505. The van der Waals surface area contributed by atoms with Crippen molar-refractivity contribution in [3.8, 4) is 0 Å². The first kappa shape index (κ1) is 9.37. The first-order valence-corrected chi connectivity index (χ1v) is 6.08. The highest BCUT2D eigenvalue weighted by atomic mass is 28.2. The Morgan fingerprint density at radius 2 is 1.93 bits per heavy atom. The molecule has 2 aromatic rings. The van der Waals surface area contributed by atoms with E-state index in [0.29, 0.717) is 0 Å². The van der Waals surface area contributed by atoms with Crippen LogP contribution in [0, 0.1) is 0 Å². The monoisotopic (exact) mass is 202 g/mol. The molecule has 0 unspecified atom stereocenters. The molecule has 0 atom stereocenters. The van der Waals surface area contributed by atoms with Gasteiger partial charge in [-0.15, -0.1) is 0 Å². The van der Waals surface area contributed by atoms with Crippen LogP contribution < -0.4 is 5.19 Å². The van der Waals surface area contributed by atoms with E-state index in [0.717, 1.165) is 5.52 Å². The number of pyridine rings is 1. The fourth-order valence-electron chi connectivity index (χ4n) is 1.63. The molecule has 1 aromatic carbocycles. The average molecular weight is 202 g/mol. The van der Waals surface area contributed by atoms with Gasteiger partial charge < -0.3 is 4.57 Å². The topological polar surface area (TPSA) is 16.1 Å². The van der Waals surface area contributed by atoms with Gasteiger partial charge in [0.05, 0.1) is 5.52 Å². The molecule has 72 valence electrons. The van der Waals surface area contributed by atoms with Crippen molar-refractivity contribution in [1.29, 1.82) is 0 Å². The van der Waals surface area contributed by atoms with E-state index in [1.807, 2.05) is 12.3 Å². The molecular weight excluding hydrogens is 188 g/mol. The van der Waals surface area contributed by atoms with Crippen LogP contribution >= 0.6 is 0 Å². The number of rotatable bonds is 2. The maximum Gasteiger partial charge on any atom is 0.127 e. The van der Waals surface area contributed by atoms with Gasteiger partial charge in [0.1, 0.15) is 9.68 Å². The number of hydrogen-bond donors (Lipinski definition) is 0. The van der Waals surface area contributed by atoms with Crippen molar-refractivity contribution in [1.82, 2.24) is 9.55 Å². The van der Waals surface area contributed by atoms with Gasteiger partial charge in [0.2, 0.25) is 0 Å². The molecule has 0 spiro atoms. The second-order valence-corrected chi connectivity index (χ2v) is 6.07. The van der Waals surface area contributed by atoms with Crippen LogP contribution in [0.3, 0.4) is 0 Å². The fourth-order valence-corrected chi connectivity index (χ4v) is 3.00. The number of fused-ring (bicyclic) bond motifs is 1. The second-order valence-electron chi connectivity index (χ2n) is 3.73.